The van der Waals surface area contributed by atoms with Gasteiger partial charge in [-0.05, 0) is 55.3 Å². The molecule has 0 saturated carbocycles. The third kappa shape index (κ3) is 4.26. The number of carbonyl (C=O) groups is 3. The van der Waals surface area contributed by atoms with Crippen LogP contribution in [-0.2, 0) is 32.0 Å². The van der Waals surface area contributed by atoms with Crippen molar-refractivity contribution >= 4 is 34.2 Å². The second-order valence-electron chi connectivity index (χ2n) is 12.7. The largest absolute Gasteiger partial charge is 1.00 e. The third-order valence-corrected chi connectivity index (χ3v) is 10.1. The maximum absolute atomic E-state index is 14.2. The zero-order chi connectivity index (χ0) is 29.7. The molecule has 222 valence electrons. The zero-order valence-corrected chi connectivity index (χ0v) is 27.2. The van der Waals surface area contributed by atoms with Crippen molar-refractivity contribution in [2.75, 3.05) is 20.1 Å². The monoisotopic (exact) mass is 603 g/mol. The number of nitrogens with one attached hydrogen (secondary N) is 1. The van der Waals surface area contributed by atoms with Crippen LogP contribution in [0.15, 0.2) is 60.8 Å². The molecule has 6 atom stereocenters. The van der Waals surface area contributed by atoms with Gasteiger partial charge in [0, 0.05) is 25.6 Å². The fraction of sp³-hybridized carbons (Fsp3) is 0.424. The summed E-state index contributed by atoms with van der Waals surface area (Å²) in [5, 5.41) is 16.0. The minimum atomic E-state index is -2.05. The molecule has 44 heavy (non-hydrogen) atoms. The molecule has 2 N–H and O–H groups in total. The normalized spacial score (nSPS) is 32.6. The molecule has 3 fully saturated rings. The van der Waals surface area contributed by atoms with Gasteiger partial charge in [0.2, 0.25) is 17.5 Å². The van der Waals surface area contributed by atoms with Crippen molar-refractivity contribution in [3.05, 3.63) is 77.5 Å². The predicted octanol–water partition coefficient (Wildman–Crippen LogP) is -1.38. The molecule has 1 aliphatic carbocycles. The summed E-state index contributed by atoms with van der Waals surface area (Å²) in [6.07, 6.45) is 6.20. The molecule has 4 aliphatic heterocycles. The Hall–Kier alpha value is -2.99. The molecule has 2 aromatic carbocycles. The van der Waals surface area contributed by atoms with Gasteiger partial charge in [-0.2, -0.15) is 6.20 Å². The molecule has 0 unspecified atom stereocenters. The first-order valence-corrected chi connectivity index (χ1v) is 15.1. The molecule has 5 heterocycles. The van der Waals surface area contributed by atoms with E-state index in [1.165, 1.54) is 17.4 Å². The van der Waals surface area contributed by atoms with Crippen molar-refractivity contribution in [1.29, 1.82) is 0 Å². The number of aliphatic hydroxyl groups is 1. The van der Waals surface area contributed by atoms with Crippen LogP contribution in [-0.4, -0.2) is 87.4 Å². The molecule has 3 amide bonds. The van der Waals surface area contributed by atoms with E-state index >= 15 is 0 Å². The number of amides is 3. The SMILES string of the molecule is CN1C[C@H](C(=O)N[C@]2(C)O[C@@]3(O)[C@@H]4CCCN4C(=O)[C@H](Cc4ccccc4)N3C2=O)C=C2c3cccc4[n-]cc(c34)C[C@H]21.[Na+]. The van der Waals surface area contributed by atoms with Gasteiger partial charge in [-0.1, -0.05) is 60.2 Å². The summed E-state index contributed by atoms with van der Waals surface area (Å²) in [5.41, 5.74) is 3.34. The fourth-order valence-corrected chi connectivity index (χ4v) is 8.06. The molecular weight excluding hydrogens is 569 g/mol. The average molecular weight is 604 g/mol. The van der Waals surface area contributed by atoms with Crippen molar-refractivity contribution in [3.63, 3.8) is 0 Å². The number of rotatable bonds is 4. The van der Waals surface area contributed by atoms with E-state index in [0.29, 0.717) is 25.9 Å². The van der Waals surface area contributed by atoms with E-state index in [4.69, 9.17) is 4.74 Å². The first kappa shape index (κ1) is 29.7. The Labute approximate surface area is 277 Å². The molecule has 11 heteroatoms. The van der Waals surface area contributed by atoms with E-state index in [9.17, 15) is 19.5 Å². The Bertz CT molecular complexity index is 1710. The third-order valence-electron chi connectivity index (χ3n) is 10.1. The number of piperazine rings is 1. The number of likely N-dealkylation sites (N-methyl/N-ethyl adjacent to an activating group) is 1. The zero-order valence-electron chi connectivity index (χ0n) is 25.2. The van der Waals surface area contributed by atoms with Gasteiger partial charge in [-0.25, -0.2) is 0 Å². The number of hydrogen-bond donors (Lipinski definition) is 2. The summed E-state index contributed by atoms with van der Waals surface area (Å²) in [6, 6.07) is 14.0. The maximum atomic E-state index is 14.2. The van der Waals surface area contributed by atoms with Crippen LogP contribution in [0.4, 0.5) is 0 Å². The van der Waals surface area contributed by atoms with Crippen LogP contribution >= 0.6 is 0 Å². The predicted molar refractivity (Wildman–Crippen MR) is 157 cm³/mol. The van der Waals surface area contributed by atoms with Crippen LogP contribution in [0.5, 0.6) is 0 Å². The summed E-state index contributed by atoms with van der Waals surface area (Å²) in [4.78, 5) is 51.4. The first-order chi connectivity index (χ1) is 20.7. The van der Waals surface area contributed by atoms with E-state index in [2.05, 4.69) is 21.3 Å². The molecule has 10 nitrogen and oxygen atoms in total. The average Bonchev–Trinajstić information content (AvgIpc) is 3.70. The molecule has 5 aliphatic rings. The minimum Gasteiger partial charge on any atom is -0.663 e. The number of fused-ring (bicyclic) bond motifs is 5. The van der Waals surface area contributed by atoms with Crippen molar-refractivity contribution in [2.24, 2.45) is 5.92 Å². The second kappa shape index (κ2) is 10.5. The summed E-state index contributed by atoms with van der Waals surface area (Å²) >= 11 is 0. The summed E-state index contributed by atoms with van der Waals surface area (Å²) < 4.78 is 6.22. The summed E-state index contributed by atoms with van der Waals surface area (Å²) in [7, 11) is 2.01. The molecule has 0 radical (unpaired) electrons. The molecular formula is C33H34N5NaO5. The van der Waals surface area contributed by atoms with E-state index in [1.807, 2.05) is 61.8 Å². The second-order valence-corrected chi connectivity index (χ2v) is 12.7. The van der Waals surface area contributed by atoms with Crippen molar-refractivity contribution in [3.8, 4) is 0 Å². The topological polar surface area (TPSA) is 117 Å². The van der Waals surface area contributed by atoms with Gasteiger partial charge in [0.1, 0.15) is 12.1 Å². The summed E-state index contributed by atoms with van der Waals surface area (Å²) in [6.45, 7) is 2.43. The van der Waals surface area contributed by atoms with Crippen LogP contribution in [0.25, 0.3) is 16.5 Å². The number of benzene rings is 2. The maximum Gasteiger partial charge on any atom is 1.00 e. The van der Waals surface area contributed by atoms with Gasteiger partial charge in [-0.15, -0.1) is 5.52 Å². The minimum absolute atomic E-state index is 0. The van der Waals surface area contributed by atoms with Crippen molar-refractivity contribution in [2.45, 2.75) is 62.4 Å². The Balaban J connectivity index is 0.00000312. The molecule has 1 aromatic heterocycles. The van der Waals surface area contributed by atoms with Gasteiger partial charge in [0.05, 0.1) is 5.92 Å². The molecule has 0 bridgehead atoms. The summed E-state index contributed by atoms with van der Waals surface area (Å²) in [5.74, 6) is -3.79. The van der Waals surface area contributed by atoms with Gasteiger partial charge in [0.25, 0.3) is 11.8 Å². The smallest absolute Gasteiger partial charge is 0.663 e. The Morgan fingerprint density at radius 2 is 1.95 bits per heavy atom. The standard InChI is InChI=1S/C33H34N5O5.Na/c1-32(35-29(39)21-15-23-22-10-6-11-24-28(22)20(17-34-24)16-25(23)36(2)18-21)31(41)38-26(14-19-8-4-3-5-9-19)30(40)37-13-7-12-27(37)33(38,42)43-32;/h3-6,8-11,15,17,21,25-27,42H,7,12-14,16,18H2,1-2H3,(H,35,39);/q-1;+1/t21-,25-,26+,27+,32-,33+;/m1./s1. The number of aromatic nitrogens is 1. The van der Waals surface area contributed by atoms with Gasteiger partial charge in [-0.3, -0.25) is 28.9 Å². The molecule has 3 saturated heterocycles. The number of ether oxygens (including phenoxy) is 1. The number of hydrogen-bond acceptors (Lipinski definition) is 6. The fourth-order valence-electron chi connectivity index (χ4n) is 8.06. The molecule has 0 spiro atoms. The van der Waals surface area contributed by atoms with Crippen molar-refractivity contribution in [1.82, 2.24) is 25.0 Å². The van der Waals surface area contributed by atoms with Crippen LogP contribution in [0.2, 0.25) is 0 Å². The van der Waals surface area contributed by atoms with Gasteiger partial charge >= 0.3 is 29.6 Å². The molecule has 8 rings (SSSR count). The molecule has 3 aromatic rings. The van der Waals surface area contributed by atoms with Gasteiger partial charge in [0.15, 0.2) is 0 Å². The van der Waals surface area contributed by atoms with Gasteiger partial charge < -0.3 is 20.3 Å². The van der Waals surface area contributed by atoms with E-state index < -0.39 is 35.5 Å². The van der Waals surface area contributed by atoms with E-state index in [0.717, 1.165) is 34.0 Å². The van der Waals surface area contributed by atoms with Crippen LogP contribution in [0.1, 0.15) is 36.5 Å². The number of nitrogens with zero attached hydrogens (tertiary/aromatic N) is 4. The van der Waals surface area contributed by atoms with E-state index in [1.54, 1.807) is 4.90 Å². The first-order valence-electron chi connectivity index (χ1n) is 15.1. The Kier molecular flexibility index (Phi) is 7.11. The van der Waals surface area contributed by atoms with Crippen molar-refractivity contribution < 1.29 is 53.8 Å². The van der Waals surface area contributed by atoms with Crippen LogP contribution < -0.4 is 39.9 Å². The Morgan fingerprint density at radius 1 is 1.16 bits per heavy atom. The van der Waals surface area contributed by atoms with E-state index in [-0.39, 0.29) is 53.8 Å². The Morgan fingerprint density at radius 3 is 2.75 bits per heavy atom. The van der Waals surface area contributed by atoms with Crippen LogP contribution in [0.3, 0.4) is 0 Å². The quantitative estimate of drug-likeness (QED) is 0.354. The van der Waals surface area contributed by atoms with Crippen LogP contribution in [0, 0.1) is 5.92 Å². The number of carbonyl (C=O) groups excluding carboxylic acids is 3.